The van der Waals surface area contributed by atoms with Crippen LogP contribution in [0.25, 0.3) is 22.4 Å². The molecule has 0 aliphatic carbocycles. The summed E-state index contributed by atoms with van der Waals surface area (Å²) in [4.78, 5) is 7.87. The van der Waals surface area contributed by atoms with Crippen molar-refractivity contribution in [2.24, 2.45) is 0 Å². The van der Waals surface area contributed by atoms with Crippen molar-refractivity contribution < 1.29 is 0 Å². The molecule has 1 heterocycles. The molecule has 0 amide bonds. The molecule has 3 nitrogen and oxygen atoms in total. The first-order chi connectivity index (χ1) is 9.06. The van der Waals surface area contributed by atoms with Crippen molar-refractivity contribution in [2.75, 3.05) is 5.73 Å². The molecule has 0 fully saturated rings. The fraction of sp³-hybridized carbons (Fsp3) is 0.133. The van der Waals surface area contributed by atoms with E-state index in [1.165, 1.54) is 11.1 Å². The lowest BCUT2D eigenvalue weighted by molar-refractivity contribution is 1.34. The van der Waals surface area contributed by atoms with Crippen LogP contribution in [0.5, 0.6) is 0 Å². The van der Waals surface area contributed by atoms with Crippen molar-refractivity contribution >= 4 is 28.3 Å². The van der Waals surface area contributed by atoms with Crippen molar-refractivity contribution in [3.63, 3.8) is 0 Å². The van der Waals surface area contributed by atoms with Crippen LogP contribution in [0.4, 0.5) is 5.69 Å². The number of imidazole rings is 1. The summed E-state index contributed by atoms with van der Waals surface area (Å²) in [6.07, 6.45) is 0. The summed E-state index contributed by atoms with van der Waals surface area (Å²) in [5.74, 6) is 0.711. The Labute approximate surface area is 116 Å². The SMILES string of the molecule is Cc1cc2nc(-c3c(N)cccc3Cl)[nH]c2cc1C. The molecular weight excluding hydrogens is 258 g/mol. The second-order valence-electron chi connectivity index (χ2n) is 4.74. The molecule has 1 aromatic heterocycles. The van der Waals surface area contributed by atoms with Crippen LogP contribution in [0.2, 0.25) is 5.02 Å². The monoisotopic (exact) mass is 271 g/mol. The number of H-pyrrole nitrogens is 1. The molecule has 0 saturated carbocycles. The zero-order chi connectivity index (χ0) is 13.6. The van der Waals surface area contributed by atoms with Gasteiger partial charge in [-0.1, -0.05) is 17.7 Å². The maximum absolute atomic E-state index is 6.21. The molecule has 0 saturated heterocycles. The van der Waals surface area contributed by atoms with E-state index in [4.69, 9.17) is 17.3 Å². The number of aromatic amines is 1. The average molecular weight is 272 g/mol. The van der Waals surface area contributed by atoms with E-state index in [9.17, 15) is 0 Å². The summed E-state index contributed by atoms with van der Waals surface area (Å²) in [5.41, 5.74) is 11.8. The van der Waals surface area contributed by atoms with Crippen LogP contribution >= 0.6 is 11.6 Å². The van der Waals surface area contributed by atoms with Crippen LogP contribution in [-0.2, 0) is 0 Å². The number of anilines is 1. The van der Waals surface area contributed by atoms with Gasteiger partial charge in [-0.2, -0.15) is 0 Å². The fourth-order valence-corrected chi connectivity index (χ4v) is 2.45. The zero-order valence-electron chi connectivity index (χ0n) is 10.8. The van der Waals surface area contributed by atoms with Crippen LogP contribution in [0.15, 0.2) is 30.3 Å². The molecule has 0 bridgehead atoms. The van der Waals surface area contributed by atoms with Gasteiger partial charge in [-0.05, 0) is 49.2 Å². The highest BCUT2D eigenvalue weighted by Gasteiger charge is 2.12. The molecule has 96 valence electrons. The van der Waals surface area contributed by atoms with Gasteiger partial charge in [0, 0.05) is 5.69 Å². The Morgan fingerprint density at radius 3 is 2.63 bits per heavy atom. The van der Waals surface area contributed by atoms with E-state index in [1.807, 2.05) is 18.2 Å². The van der Waals surface area contributed by atoms with E-state index < -0.39 is 0 Å². The predicted octanol–water partition coefficient (Wildman–Crippen LogP) is 4.08. The Morgan fingerprint density at radius 1 is 1.16 bits per heavy atom. The number of halogens is 1. The van der Waals surface area contributed by atoms with Gasteiger partial charge in [-0.3, -0.25) is 0 Å². The van der Waals surface area contributed by atoms with Crippen LogP contribution in [0.3, 0.4) is 0 Å². The molecule has 0 aliphatic heterocycles. The van der Waals surface area contributed by atoms with E-state index in [-0.39, 0.29) is 0 Å². The first-order valence-electron chi connectivity index (χ1n) is 6.07. The van der Waals surface area contributed by atoms with Gasteiger partial charge < -0.3 is 10.7 Å². The Morgan fingerprint density at radius 2 is 1.89 bits per heavy atom. The van der Waals surface area contributed by atoms with E-state index in [0.29, 0.717) is 16.5 Å². The topological polar surface area (TPSA) is 54.7 Å². The first-order valence-corrected chi connectivity index (χ1v) is 6.45. The Kier molecular flexibility index (Phi) is 2.72. The Balaban J connectivity index is 2.26. The maximum Gasteiger partial charge on any atom is 0.142 e. The third-order valence-corrected chi connectivity index (χ3v) is 3.69. The standard InChI is InChI=1S/C15H14ClN3/c1-8-6-12-13(7-9(8)2)19-15(18-12)14-10(16)4-3-5-11(14)17/h3-7H,17H2,1-2H3,(H,18,19). The highest BCUT2D eigenvalue weighted by Crippen LogP contribution is 2.32. The summed E-state index contributed by atoms with van der Waals surface area (Å²) in [7, 11) is 0. The molecule has 3 rings (SSSR count). The molecule has 4 heteroatoms. The summed E-state index contributed by atoms with van der Waals surface area (Å²) in [5, 5.41) is 0.604. The van der Waals surface area contributed by atoms with E-state index in [0.717, 1.165) is 16.6 Å². The number of nitrogen functional groups attached to an aromatic ring is 1. The summed E-state index contributed by atoms with van der Waals surface area (Å²) < 4.78 is 0. The average Bonchev–Trinajstić information content (AvgIpc) is 2.72. The highest BCUT2D eigenvalue weighted by molar-refractivity contribution is 6.33. The molecule has 2 aromatic carbocycles. The smallest absolute Gasteiger partial charge is 0.142 e. The van der Waals surface area contributed by atoms with E-state index in [1.54, 1.807) is 0 Å². The third kappa shape index (κ3) is 1.96. The fourth-order valence-electron chi connectivity index (χ4n) is 2.18. The molecule has 0 spiro atoms. The van der Waals surface area contributed by atoms with Crippen LogP contribution in [0.1, 0.15) is 11.1 Å². The number of hydrogen-bond donors (Lipinski definition) is 2. The van der Waals surface area contributed by atoms with Gasteiger partial charge in [0.1, 0.15) is 5.82 Å². The van der Waals surface area contributed by atoms with Crippen molar-refractivity contribution in [3.8, 4) is 11.4 Å². The Hall–Kier alpha value is -2.00. The van der Waals surface area contributed by atoms with Crippen LogP contribution < -0.4 is 5.73 Å². The summed E-state index contributed by atoms with van der Waals surface area (Å²) in [6.45, 7) is 4.16. The highest BCUT2D eigenvalue weighted by atomic mass is 35.5. The van der Waals surface area contributed by atoms with Gasteiger partial charge in [0.2, 0.25) is 0 Å². The van der Waals surface area contributed by atoms with Crippen LogP contribution in [0, 0.1) is 13.8 Å². The van der Waals surface area contributed by atoms with Crippen molar-refractivity contribution in [2.45, 2.75) is 13.8 Å². The minimum atomic E-state index is 0.604. The number of aromatic nitrogens is 2. The number of nitrogens with one attached hydrogen (secondary N) is 1. The summed E-state index contributed by atoms with van der Waals surface area (Å²) >= 11 is 6.21. The third-order valence-electron chi connectivity index (χ3n) is 3.38. The van der Waals surface area contributed by atoms with Gasteiger partial charge in [0.25, 0.3) is 0 Å². The van der Waals surface area contributed by atoms with E-state index >= 15 is 0 Å². The molecular formula is C15H14ClN3. The van der Waals surface area contributed by atoms with Crippen molar-refractivity contribution in [1.29, 1.82) is 0 Å². The maximum atomic E-state index is 6.21. The number of nitrogens with two attached hydrogens (primary N) is 1. The zero-order valence-corrected chi connectivity index (χ0v) is 11.5. The lowest BCUT2D eigenvalue weighted by atomic mass is 10.1. The van der Waals surface area contributed by atoms with Crippen LogP contribution in [-0.4, -0.2) is 9.97 Å². The van der Waals surface area contributed by atoms with Crippen molar-refractivity contribution in [1.82, 2.24) is 9.97 Å². The van der Waals surface area contributed by atoms with Gasteiger partial charge in [0.05, 0.1) is 21.6 Å². The van der Waals surface area contributed by atoms with Gasteiger partial charge in [0.15, 0.2) is 0 Å². The van der Waals surface area contributed by atoms with E-state index in [2.05, 4.69) is 35.9 Å². The number of benzene rings is 2. The normalized spacial score (nSPS) is 11.1. The number of rotatable bonds is 1. The lowest BCUT2D eigenvalue weighted by Crippen LogP contribution is -1.91. The van der Waals surface area contributed by atoms with Gasteiger partial charge in [-0.15, -0.1) is 0 Å². The van der Waals surface area contributed by atoms with Gasteiger partial charge >= 0.3 is 0 Å². The molecule has 3 N–H and O–H groups in total. The summed E-state index contributed by atoms with van der Waals surface area (Å²) in [6, 6.07) is 9.63. The molecule has 0 atom stereocenters. The minimum Gasteiger partial charge on any atom is -0.398 e. The quantitative estimate of drug-likeness (QED) is 0.655. The molecule has 19 heavy (non-hydrogen) atoms. The number of aryl methyl sites for hydroxylation is 2. The molecule has 0 radical (unpaired) electrons. The minimum absolute atomic E-state index is 0.604. The van der Waals surface area contributed by atoms with Gasteiger partial charge in [-0.25, -0.2) is 4.98 Å². The first kappa shape index (κ1) is 12.1. The predicted molar refractivity (Wildman–Crippen MR) is 80.4 cm³/mol. The second kappa shape index (κ2) is 4.28. The number of hydrogen-bond acceptors (Lipinski definition) is 2. The largest absolute Gasteiger partial charge is 0.398 e. The molecule has 3 aromatic rings. The lowest BCUT2D eigenvalue weighted by Gasteiger charge is -2.03. The molecule has 0 unspecified atom stereocenters. The Bertz CT molecular complexity index is 715. The number of nitrogens with zero attached hydrogens (tertiary/aromatic N) is 1. The molecule has 0 aliphatic rings. The number of fused-ring (bicyclic) bond motifs is 1. The second-order valence-corrected chi connectivity index (χ2v) is 5.15. The van der Waals surface area contributed by atoms with Crippen molar-refractivity contribution in [3.05, 3.63) is 46.5 Å².